The van der Waals surface area contributed by atoms with Gasteiger partial charge in [-0.3, -0.25) is 10.1 Å². The van der Waals surface area contributed by atoms with Crippen molar-refractivity contribution < 1.29 is 14.3 Å². The molecule has 8 heteroatoms. The lowest BCUT2D eigenvalue weighted by Crippen LogP contribution is -2.32. The van der Waals surface area contributed by atoms with Gasteiger partial charge >= 0.3 is 6.09 Å². The smallest absolute Gasteiger partial charge is 0.413 e. The molecule has 0 aromatic carbocycles. The molecule has 0 atom stereocenters. The van der Waals surface area contributed by atoms with Gasteiger partial charge in [-0.2, -0.15) is 0 Å². The SMILES string of the molecule is CCOC(=O)NC(=O)CSc1nnc(C2CC2)n1C1CC1. The van der Waals surface area contributed by atoms with Crippen molar-refractivity contribution in [1.29, 1.82) is 0 Å². The van der Waals surface area contributed by atoms with Crippen molar-refractivity contribution in [3.8, 4) is 0 Å². The maximum Gasteiger partial charge on any atom is 0.413 e. The van der Waals surface area contributed by atoms with Crippen LogP contribution in [-0.4, -0.2) is 39.1 Å². The van der Waals surface area contributed by atoms with Crippen LogP contribution in [-0.2, 0) is 9.53 Å². The van der Waals surface area contributed by atoms with E-state index < -0.39 is 6.09 Å². The number of alkyl carbamates (subject to hydrolysis) is 1. The topological polar surface area (TPSA) is 86.1 Å². The highest BCUT2D eigenvalue weighted by Gasteiger charge is 2.36. The van der Waals surface area contributed by atoms with Crippen molar-refractivity contribution >= 4 is 23.8 Å². The molecular formula is C13H18N4O3S. The molecule has 1 N–H and O–H groups in total. The summed E-state index contributed by atoms with van der Waals surface area (Å²) in [6.07, 6.45) is 3.96. The van der Waals surface area contributed by atoms with Crippen molar-refractivity contribution in [2.24, 2.45) is 0 Å². The van der Waals surface area contributed by atoms with Gasteiger partial charge in [0.15, 0.2) is 5.16 Å². The third-order valence-corrected chi connectivity index (χ3v) is 4.34. The highest BCUT2D eigenvalue weighted by atomic mass is 32.2. The van der Waals surface area contributed by atoms with Gasteiger partial charge in [-0.1, -0.05) is 11.8 Å². The summed E-state index contributed by atoms with van der Waals surface area (Å²) in [6, 6.07) is 0.492. The highest BCUT2D eigenvalue weighted by molar-refractivity contribution is 7.99. The first-order valence-electron chi connectivity index (χ1n) is 7.23. The Morgan fingerprint density at radius 1 is 1.33 bits per heavy atom. The lowest BCUT2D eigenvalue weighted by molar-refractivity contribution is -0.117. The molecule has 21 heavy (non-hydrogen) atoms. The molecule has 0 bridgehead atoms. The van der Waals surface area contributed by atoms with E-state index in [1.54, 1.807) is 6.92 Å². The van der Waals surface area contributed by atoms with Crippen molar-refractivity contribution in [3.05, 3.63) is 5.82 Å². The lowest BCUT2D eigenvalue weighted by Gasteiger charge is -2.08. The number of thioether (sulfide) groups is 1. The molecule has 0 unspecified atom stereocenters. The Hall–Kier alpha value is -1.57. The molecule has 1 heterocycles. The van der Waals surface area contributed by atoms with Crippen LogP contribution >= 0.6 is 11.8 Å². The Labute approximate surface area is 126 Å². The zero-order valence-corrected chi connectivity index (χ0v) is 12.7. The van der Waals surface area contributed by atoms with Crippen LogP contribution in [0.25, 0.3) is 0 Å². The molecule has 114 valence electrons. The monoisotopic (exact) mass is 310 g/mol. The van der Waals surface area contributed by atoms with E-state index in [0.717, 1.165) is 23.8 Å². The number of nitrogens with one attached hydrogen (secondary N) is 1. The zero-order valence-electron chi connectivity index (χ0n) is 11.9. The molecule has 0 spiro atoms. The molecule has 2 aliphatic carbocycles. The third kappa shape index (κ3) is 3.55. The number of carbonyl (C=O) groups excluding carboxylic acids is 2. The minimum absolute atomic E-state index is 0.133. The fourth-order valence-electron chi connectivity index (χ4n) is 2.13. The van der Waals surface area contributed by atoms with Gasteiger partial charge < -0.3 is 9.30 Å². The molecule has 2 amide bonds. The van der Waals surface area contributed by atoms with E-state index in [2.05, 4.69) is 24.8 Å². The van der Waals surface area contributed by atoms with E-state index in [0.29, 0.717) is 12.0 Å². The van der Waals surface area contributed by atoms with Crippen LogP contribution in [0.5, 0.6) is 0 Å². The summed E-state index contributed by atoms with van der Waals surface area (Å²) in [5.41, 5.74) is 0. The van der Waals surface area contributed by atoms with Gasteiger partial charge in [0.2, 0.25) is 5.91 Å². The van der Waals surface area contributed by atoms with Gasteiger partial charge in [-0.25, -0.2) is 4.79 Å². The number of hydrogen-bond donors (Lipinski definition) is 1. The van der Waals surface area contributed by atoms with Gasteiger partial charge in [0.05, 0.1) is 12.4 Å². The second-order valence-electron chi connectivity index (χ2n) is 5.27. The average Bonchev–Trinajstić information content (AvgIpc) is 3.35. The van der Waals surface area contributed by atoms with Gasteiger partial charge in [-0.15, -0.1) is 10.2 Å². The Bertz CT molecular complexity index is 552. The van der Waals surface area contributed by atoms with E-state index in [4.69, 9.17) is 0 Å². The standard InChI is InChI=1S/C13H18N4O3S/c1-2-20-13(19)14-10(18)7-21-12-16-15-11(8-3-4-8)17(12)9-5-6-9/h8-9H,2-7H2,1H3,(H,14,18,19). The first-order valence-corrected chi connectivity index (χ1v) is 8.21. The third-order valence-electron chi connectivity index (χ3n) is 3.39. The van der Waals surface area contributed by atoms with E-state index in [-0.39, 0.29) is 18.3 Å². The molecule has 0 saturated heterocycles. The summed E-state index contributed by atoms with van der Waals surface area (Å²) in [5, 5.41) is 11.4. The summed E-state index contributed by atoms with van der Waals surface area (Å²) in [6.45, 7) is 1.93. The molecule has 1 aromatic rings. The molecular weight excluding hydrogens is 292 g/mol. The summed E-state index contributed by atoms with van der Waals surface area (Å²) in [5.74, 6) is 1.36. The fraction of sp³-hybridized carbons (Fsp3) is 0.692. The number of nitrogens with zero attached hydrogens (tertiary/aromatic N) is 3. The minimum atomic E-state index is -0.703. The molecule has 0 aliphatic heterocycles. The predicted octanol–water partition coefficient (Wildman–Crippen LogP) is 1.86. The molecule has 2 aliphatic rings. The van der Waals surface area contributed by atoms with Crippen LogP contribution in [0.4, 0.5) is 4.79 Å². The summed E-state index contributed by atoms with van der Waals surface area (Å²) in [4.78, 5) is 22.8. The number of carbonyl (C=O) groups is 2. The second kappa shape index (κ2) is 6.05. The van der Waals surface area contributed by atoms with E-state index in [1.807, 2.05) is 0 Å². The van der Waals surface area contributed by atoms with Gasteiger partial charge in [-0.05, 0) is 32.6 Å². The Morgan fingerprint density at radius 2 is 2.10 bits per heavy atom. The summed E-state index contributed by atoms with van der Waals surface area (Å²) >= 11 is 1.32. The van der Waals surface area contributed by atoms with Crippen molar-refractivity contribution in [2.45, 2.75) is 49.7 Å². The van der Waals surface area contributed by atoms with Crippen LogP contribution in [0.1, 0.15) is 50.4 Å². The summed E-state index contributed by atoms with van der Waals surface area (Å²) in [7, 11) is 0. The highest BCUT2D eigenvalue weighted by Crippen LogP contribution is 2.45. The maximum atomic E-state index is 11.7. The zero-order chi connectivity index (χ0) is 14.8. The lowest BCUT2D eigenvalue weighted by atomic mass is 10.4. The van der Waals surface area contributed by atoms with E-state index >= 15 is 0 Å². The van der Waals surface area contributed by atoms with Gasteiger partial charge in [0.1, 0.15) is 5.82 Å². The second-order valence-corrected chi connectivity index (χ2v) is 6.22. The molecule has 7 nitrogen and oxygen atoms in total. The van der Waals surface area contributed by atoms with Crippen molar-refractivity contribution in [3.63, 3.8) is 0 Å². The van der Waals surface area contributed by atoms with Crippen LogP contribution in [0, 0.1) is 0 Å². The maximum absolute atomic E-state index is 11.7. The normalized spacial score (nSPS) is 17.6. The molecule has 2 saturated carbocycles. The number of amides is 2. The van der Waals surface area contributed by atoms with Gasteiger partial charge in [0.25, 0.3) is 0 Å². The predicted molar refractivity (Wildman–Crippen MR) is 76.2 cm³/mol. The average molecular weight is 310 g/mol. The number of hydrogen-bond acceptors (Lipinski definition) is 6. The molecule has 3 rings (SSSR count). The summed E-state index contributed by atoms with van der Waals surface area (Å²) < 4.78 is 6.85. The minimum Gasteiger partial charge on any atom is -0.450 e. The Balaban J connectivity index is 1.58. The first-order chi connectivity index (χ1) is 10.2. The quantitative estimate of drug-likeness (QED) is 0.807. The number of imide groups is 1. The molecule has 1 aromatic heterocycles. The number of aromatic nitrogens is 3. The number of rotatable bonds is 6. The van der Waals surface area contributed by atoms with Crippen LogP contribution < -0.4 is 5.32 Å². The molecule has 2 fully saturated rings. The van der Waals surface area contributed by atoms with E-state index in [9.17, 15) is 9.59 Å². The van der Waals surface area contributed by atoms with Crippen LogP contribution in [0.2, 0.25) is 0 Å². The van der Waals surface area contributed by atoms with E-state index in [1.165, 1.54) is 24.6 Å². The van der Waals surface area contributed by atoms with Crippen molar-refractivity contribution in [1.82, 2.24) is 20.1 Å². The first kappa shape index (κ1) is 14.4. The van der Waals surface area contributed by atoms with Crippen LogP contribution in [0.15, 0.2) is 5.16 Å². The largest absolute Gasteiger partial charge is 0.450 e. The number of ether oxygens (including phenoxy) is 1. The fourth-order valence-corrected chi connectivity index (χ4v) is 2.94. The Kier molecular flexibility index (Phi) is 4.14. The van der Waals surface area contributed by atoms with Crippen molar-refractivity contribution in [2.75, 3.05) is 12.4 Å². The van der Waals surface area contributed by atoms with Crippen LogP contribution in [0.3, 0.4) is 0 Å². The van der Waals surface area contributed by atoms with Gasteiger partial charge in [0, 0.05) is 12.0 Å². The molecule has 0 radical (unpaired) electrons. The Morgan fingerprint density at radius 3 is 2.71 bits per heavy atom.